The van der Waals surface area contributed by atoms with Crippen molar-refractivity contribution in [2.75, 3.05) is 0 Å². The fourth-order valence-electron chi connectivity index (χ4n) is 8.31. The maximum Gasteiger partial charge on any atom is 0.178 e. The molecular formula is C46H27NO2. The Morgan fingerprint density at radius 3 is 1.69 bits per heavy atom. The lowest BCUT2D eigenvalue weighted by molar-refractivity contribution is 0.600. The van der Waals surface area contributed by atoms with Crippen LogP contribution in [0.4, 0.5) is 0 Å². The smallest absolute Gasteiger partial charge is 0.178 e. The number of hydrogen-bond acceptors (Lipinski definition) is 2. The summed E-state index contributed by atoms with van der Waals surface area (Å²) in [5.41, 5.74) is 10.8. The second-order valence-electron chi connectivity index (χ2n) is 12.8. The lowest BCUT2D eigenvalue weighted by Gasteiger charge is -2.19. The maximum absolute atomic E-state index is 6.54. The van der Waals surface area contributed by atoms with Crippen LogP contribution in [0, 0.1) is 0 Å². The molecule has 0 fully saturated rings. The Morgan fingerprint density at radius 1 is 0.388 bits per heavy atom. The normalized spacial score (nSPS) is 12.1. The van der Waals surface area contributed by atoms with Crippen LogP contribution in [-0.2, 0) is 0 Å². The van der Waals surface area contributed by atoms with Crippen molar-refractivity contribution < 1.29 is 8.83 Å². The molecule has 0 N–H and O–H groups in total. The molecule has 11 aromatic rings. The summed E-state index contributed by atoms with van der Waals surface area (Å²) in [6.07, 6.45) is 1.73. The summed E-state index contributed by atoms with van der Waals surface area (Å²) >= 11 is 0. The fraction of sp³-hybridized carbons (Fsp3) is 0. The van der Waals surface area contributed by atoms with Gasteiger partial charge in [0.15, 0.2) is 11.2 Å². The van der Waals surface area contributed by atoms with Gasteiger partial charge in [0.1, 0.15) is 5.58 Å². The van der Waals surface area contributed by atoms with Gasteiger partial charge in [-0.3, -0.25) is 0 Å². The summed E-state index contributed by atoms with van der Waals surface area (Å²) in [6, 6.07) is 56.7. The third-order valence-corrected chi connectivity index (χ3v) is 10.3. The molecule has 8 aromatic carbocycles. The number of para-hydroxylation sites is 2. The third kappa shape index (κ3) is 3.62. The van der Waals surface area contributed by atoms with E-state index in [1.165, 1.54) is 60.0 Å². The molecule has 228 valence electrons. The van der Waals surface area contributed by atoms with Crippen LogP contribution in [0.15, 0.2) is 173 Å². The average Bonchev–Trinajstić information content (AvgIpc) is 3.88. The highest BCUT2D eigenvalue weighted by atomic mass is 16.4. The third-order valence-electron chi connectivity index (χ3n) is 10.3. The molecule has 0 unspecified atom stereocenters. The molecule has 49 heavy (non-hydrogen) atoms. The van der Waals surface area contributed by atoms with Crippen LogP contribution >= 0.6 is 0 Å². The molecule has 0 aliphatic rings. The van der Waals surface area contributed by atoms with Crippen molar-refractivity contribution in [1.29, 1.82) is 0 Å². The second kappa shape index (κ2) is 9.96. The van der Waals surface area contributed by atoms with E-state index in [0.29, 0.717) is 0 Å². The van der Waals surface area contributed by atoms with E-state index < -0.39 is 0 Å². The Balaban J connectivity index is 1.29. The summed E-state index contributed by atoms with van der Waals surface area (Å²) in [6.45, 7) is 0. The van der Waals surface area contributed by atoms with Gasteiger partial charge in [0, 0.05) is 32.6 Å². The summed E-state index contributed by atoms with van der Waals surface area (Å²) in [5.74, 6) is 0. The van der Waals surface area contributed by atoms with Crippen LogP contribution in [0.1, 0.15) is 0 Å². The Bertz CT molecular complexity index is 3050. The number of fused-ring (bicyclic) bond motifs is 10. The molecule has 3 heterocycles. The van der Waals surface area contributed by atoms with Gasteiger partial charge in [0.25, 0.3) is 0 Å². The molecule has 0 saturated carbocycles. The highest BCUT2D eigenvalue weighted by Crippen LogP contribution is 2.49. The SMILES string of the molecule is c1ccc(-n2c3ccccc3c3c(-c4c5ccccc5c(-c5cccc6oc7c(ccc8ccoc87)c56)c5ccccc45)cccc32)cc1. The molecule has 3 nitrogen and oxygen atoms in total. The molecular weight excluding hydrogens is 599 g/mol. The number of aromatic nitrogens is 1. The molecule has 0 aliphatic carbocycles. The van der Waals surface area contributed by atoms with Crippen LogP contribution in [0.2, 0.25) is 0 Å². The Hall–Kier alpha value is -6.58. The number of nitrogens with zero attached hydrogens (tertiary/aromatic N) is 1. The van der Waals surface area contributed by atoms with Crippen molar-refractivity contribution in [2.45, 2.75) is 0 Å². The zero-order valence-electron chi connectivity index (χ0n) is 26.4. The lowest BCUT2D eigenvalue weighted by Crippen LogP contribution is -1.94. The standard InChI is InChI=1S/C46H27NO2/c1-2-12-29(13-3-1)47-38-21-9-8-18-34(38)43-35(19-10-22-39(43)47)41-30-14-4-6-16-32(30)42(33-17-7-5-15-31(33)41)36-20-11-23-40-44(36)37-25-24-28-26-27-48-45(28)46(37)49-40/h1-27H. The maximum atomic E-state index is 6.54. The minimum atomic E-state index is 0.785. The first-order valence-corrected chi connectivity index (χ1v) is 16.7. The van der Waals surface area contributed by atoms with E-state index in [9.17, 15) is 0 Å². The molecule has 11 rings (SSSR count). The summed E-state index contributed by atoms with van der Waals surface area (Å²) in [4.78, 5) is 0. The fourth-order valence-corrected chi connectivity index (χ4v) is 8.31. The highest BCUT2D eigenvalue weighted by Gasteiger charge is 2.23. The Morgan fingerprint density at radius 2 is 0.980 bits per heavy atom. The molecule has 0 radical (unpaired) electrons. The number of furan rings is 2. The summed E-state index contributed by atoms with van der Waals surface area (Å²) < 4.78 is 14.8. The van der Waals surface area contributed by atoms with Crippen LogP contribution in [0.5, 0.6) is 0 Å². The van der Waals surface area contributed by atoms with Crippen LogP contribution < -0.4 is 0 Å². The van der Waals surface area contributed by atoms with Gasteiger partial charge in [0.05, 0.1) is 17.3 Å². The molecule has 3 aromatic heterocycles. The molecule has 0 aliphatic heterocycles. The van der Waals surface area contributed by atoms with E-state index in [-0.39, 0.29) is 0 Å². The largest absolute Gasteiger partial charge is 0.460 e. The van der Waals surface area contributed by atoms with Crippen molar-refractivity contribution in [2.24, 2.45) is 0 Å². The van der Waals surface area contributed by atoms with E-state index in [1.54, 1.807) is 6.26 Å². The first-order valence-electron chi connectivity index (χ1n) is 16.7. The number of hydrogen-bond donors (Lipinski definition) is 0. The molecule has 0 saturated heterocycles. The predicted octanol–water partition coefficient (Wildman–Crippen LogP) is 13.1. The van der Waals surface area contributed by atoms with E-state index in [4.69, 9.17) is 8.83 Å². The van der Waals surface area contributed by atoms with Gasteiger partial charge in [-0.25, -0.2) is 0 Å². The zero-order valence-corrected chi connectivity index (χ0v) is 26.4. The van der Waals surface area contributed by atoms with Crippen molar-refractivity contribution in [1.82, 2.24) is 4.57 Å². The van der Waals surface area contributed by atoms with E-state index in [1.807, 2.05) is 6.07 Å². The molecule has 0 amide bonds. The minimum absolute atomic E-state index is 0.785. The number of rotatable bonds is 3. The predicted molar refractivity (Wildman–Crippen MR) is 204 cm³/mol. The minimum Gasteiger partial charge on any atom is -0.460 e. The molecule has 3 heteroatoms. The topological polar surface area (TPSA) is 31.2 Å². The first kappa shape index (κ1) is 26.5. The molecule has 0 bridgehead atoms. The average molecular weight is 626 g/mol. The van der Waals surface area contributed by atoms with Gasteiger partial charge in [0.2, 0.25) is 0 Å². The van der Waals surface area contributed by atoms with Crippen LogP contribution in [-0.4, -0.2) is 4.57 Å². The van der Waals surface area contributed by atoms with E-state index in [0.717, 1.165) is 44.2 Å². The quantitative estimate of drug-likeness (QED) is 0.183. The van der Waals surface area contributed by atoms with Crippen molar-refractivity contribution in [3.8, 4) is 27.9 Å². The number of benzene rings is 8. The van der Waals surface area contributed by atoms with Gasteiger partial charge >= 0.3 is 0 Å². The first-order chi connectivity index (χ1) is 24.3. The molecule has 0 spiro atoms. The molecule has 0 atom stereocenters. The van der Waals surface area contributed by atoms with Crippen LogP contribution in [0.25, 0.3) is 104 Å². The van der Waals surface area contributed by atoms with Gasteiger partial charge in [-0.05, 0) is 86.3 Å². The summed E-state index contributed by atoms with van der Waals surface area (Å²) in [7, 11) is 0. The highest BCUT2D eigenvalue weighted by molar-refractivity contribution is 6.29. The Kier molecular flexibility index (Phi) is 5.38. The van der Waals surface area contributed by atoms with Crippen molar-refractivity contribution in [3.63, 3.8) is 0 Å². The monoisotopic (exact) mass is 625 g/mol. The summed E-state index contributed by atoms with van der Waals surface area (Å²) in [5, 5.41) is 10.6. The van der Waals surface area contributed by atoms with E-state index in [2.05, 4.69) is 156 Å². The van der Waals surface area contributed by atoms with E-state index >= 15 is 0 Å². The van der Waals surface area contributed by atoms with Crippen LogP contribution in [0.3, 0.4) is 0 Å². The van der Waals surface area contributed by atoms with Crippen molar-refractivity contribution >= 4 is 76.3 Å². The lowest BCUT2D eigenvalue weighted by atomic mass is 9.84. The van der Waals surface area contributed by atoms with Gasteiger partial charge in [-0.2, -0.15) is 0 Å². The van der Waals surface area contributed by atoms with Crippen molar-refractivity contribution in [3.05, 3.63) is 164 Å². The van der Waals surface area contributed by atoms with Gasteiger partial charge in [-0.1, -0.05) is 115 Å². The van der Waals surface area contributed by atoms with Gasteiger partial charge < -0.3 is 13.4 Å². The van der Waals surface area contributed by atoms with Gasteiger partial charge in [-0.15, -0.1) is 0 Å². The Labute approximate surface area is 280 Å². The second-order valence-corrected chi connectivity index (χ2v) is 12.8. The zero-order chi connectivity index (χ0) is 32.1.